The molecule has 3 aromatic rings. The summed E-state index contributed by atoms with van der Waals surface area (Å²) in [4.78, 5) is 3.97. The molecule has 2 heterocycles. The predicted molar refractivity (Wildman–Crippen MR) is 78.0 cm³/mol. The highest BCUT2D eigenvalue weighted by Crippen LogP contribution is 2.19. The van der Waals surface area contributed by atoms with Gasteiger partial charge in [-0.3, -0.25) is 4.68 Å². The number of hydrogen-bond acceptors (Lipinski definition) is 5. The Morgan fingerprint density at radius 1 is 1.19 bits per heavy atom. The monoisotopic (exact) mass is 284 g/mol. The normalized spacial score (nSPS) is 10.7. The average Bonchev–Trinajstić information content (AvgIpc) is 3.17. The molecule has 2 N–H and O–H groups in total. The van der Waals surface area contributed by atoms with Gasteiger partial charge >= 0.3 is 0 Å². The summed E-state index contributed by atoms with van der Waals surface area (Å²) < 4.78 is 3.44. The second-order valence-corrected chi connectivity index (χ2v) is 4.55. The lowest BCUT2D eigenvalue weighted by atomic mass is 10.2. The van der Waals surface area contributed by atoms with Crippen LogP contribution in [0, 0.1) is 0 Å². The Labute approximate surface area is 121 Å². The Balaban J connectivity index is 1.73. The van der Waals surface area contributed by atoms with Gasteiger partial charge < -0.3 is 10.4 Å². The Hall–Kier alpha value is -2.67. The maximum Gasteiger partial charge on any atom is 0.138 e. The zero-order chi connectivity index (χ0) is 14.5. The second-order valence-electron chi connectivity index (χ2n) is 4.55. The Morgan fingerprint density at radius 2 is 2.10 bits per heavy atom. The van der Waals surface area contributed by atoms with Crippen LogP contribution in [0.25, 0.3) is 5.69 Å². The quantitative estimate of drug-likeness (QED) is 0.707. The van der Waals surface area contributed by atoms with Crippen molar-refractivity contribution in [3.63, 3.8) is 0 Å². The second kappa shape index (κ2) is 6.19. The van der Waals surface area contributed by atoms with E-state index in [0.29, 0.717) is 13.1 Å². The third kappa shape index (κ3) is 3.09. The molecule has 0 aliphatic heterocycles. The molecule has 7 heteroatoms. The highest BCUT2D eigenvalue weighted by molar-refractivity contribution is 5.60. The molecule has 108 valence electrons. The van der Waals surface area contributed by atoms with Crippen LogP contribution in [0.4, 0.5) is 5.69 Å². The summed E-state index contributed by atoms with van der Waals surface area (Å²) in [6, 6.07) is 7.90. The maximum atomic E-state index is 8.89. The number of benzene rings is 1. The number of nitrogens with one attached hydrogen (secondary N) is 1. The summed E-state index contributed by atoms with van der Waals surface area (Å²) in [5, 5.41) is 20.6. The number of aromatic nitrogens is 5. The summed E-state index contributed by atoms with van der Waals surface area (Å²) in [7, 11) is 0. The van der Waals surface area contributed by atoms with E-state index in [0.717, 1.165) is 16.9 Å². The molecule has 0 saturated carbocycles. The SMILES string of the molecule is OCCn1cc(CNc2ccccc2-n2cncn2)cn1. The van der Waals surface area contributed by atoms with Gasteiger partial charge in [0.1, 0.15) is 12.7 Å². The van der Waals surface area contributed by atoms with Crippen LogP contribution < -0.4 is 5.32 Å². The van der Waals surface area contributed by atoms with Crippen molar-refractivity contribution < 1.29 is 5.11 Å². The van der Waals surface area contributed by atoms with E-state index in [2.05, 4.69) is 20.5 Å². The van der Waals surface area contributed by atoms with Crippen molar-refractivity contribution in [3.8, 4) is 5.69 Å². The third-order valence-electron chi connectivity index (χ3n) is 3.07. The molecular formula is C14H16N6O. The Kier molecular flexibility index (Phi) is 3.92. The molecular weight excluding hydrogens is 268 g/mol. The minimum absolute atomic E-state index is 0.0870. The molecule has 0 atom stereocenters. The van der Waals surface area contributed by atoms with E-state index in [1.54, 1.807) is 21.9 Å². The molecule has 1 aromatic carbocycles. The third-order valence-corrected chi connectivity index (χ3v) is 3.07. The van der Waals surface area contributed by atoms with Crippen LogP contribution in [0.1, 0.15) is 5.56 Å². The average molecular weight is 284 g/mol. The molecule has 3 rings (SSSR count). The molecule has 0 radical (unpaired) electrons. The highest BCUT2D eigenvalue weighted by atomic mass is 16.3. The van der Waals surface area contributed by atoms with Crippen LogP contribution >= 0.6 is 0 Å². The molecule has 0 bridgehead atoms. The smallest absolute Gasteiger partial charge is 0.138 e. The molecule has 7 nitrogen and oxygen atoms in total. The first-order valence-electron chi connectivity index (χ1n) is 6.67. The summed E-state index contributed by atoms with van der Waals surface area (Å²) in [6.07, 6.45) is 6.89. The number of hydrogen-bond donors (Lipinski definition) is 2. The number of anilines is 1. The minimum Gasteiger partial charge on any atom is -0.394 e. The van der Waals surface area contributed by atoms with Crippen molar-refractivity contribution in [2.24, 2.45) is 0 Å². The van der Waals surface area contributed by atoms with Crippen LogP contribution in [0.2, 0.25) is 0 Å². The van der Waals surface area contributed by atoms with Crippen LogP contribution in [-0.4, -0.2) is 36.3 Å². The first-order valence-corrected chi connectivity index (χ1v) is 6.67. The van der Waals surface area contributed by atoms with Crippen LogP contribution in [0.5, 0.6) is 0 Å². The van der Waals surface area contributed by atoms with Crippen LogP contribution in [0.3, 0.4) is 0 Å². The van der Waals surface area contributed by atoms with E-state index >= 15 is 0 Å². The van der Waals surface area contributed by atoms with Crippen molar-refractivity contribution in [1.82, 2.24) is 24.5 Å². The van der Waals surface area contributed by atoms with Crippen LogP contribution in [0.15, 0.2) is 49.3 Å². The van der Waals surface area contributed by atoms with Gasteiger partial charge in [-0.15, -0.1) is 0 Å². The van der Waals surface area contributed by atoms with Crippen molar-refractivity contribution in [2.45, 2.75) is 13.1 Å². The number of nitrogens with zero attached hydrogens (tertiary/aromatic N) is 5. The lowest BCUT2D eigenvalue weighted by molar-refractivity contribution is 0.269. The van der Waals surface area contributed by atoms with E-state index in [1.165, 1.54) is 6.33 Å². The summed E-state index contributed by atoms with van der Waals surface area (Å²) in [5.41, 5.74) is 2.97. The zero-order valence-corrected chi connectivity index (χ0v) is 11.4. The molecule has 0 saturated heterocycles. The lowest BCUT2D eigenvalue weighted by Crippen LogP contribution is -2.05. The number of aliphatic hydroxyl groups excluding tert-OH is 1. The summed E-state index contributed by atoms with van der Waals surface area (Å²) in [5.74, 6) is 0. The number of para-hydroxylation sites is 2. The van der Waals surface area contributed by atoms with E-state index in [9.17, 15) is 0 Å². The highest BCUT2D eigenvalue weighted by Gasteiger charge is 2.05. The number of rotatable bonds is 6. The molecule has 0 amide bonds. The van der Waals surface area contributed by atoms with Gasteiger partial charge in [-0.05, 0) is 12.1 Å². The van der Waals surface area contributed by atoms with E-state index in [4.69, 9.17) is 5.11 Å². The van der Waals surface area contributed by atoms with Crippen molar-refractivity contribution in [3.05, 3.63) is 54.9 Å². The van der Waals surface area contributed by atoms with E-state index in [1.807, 2.05) is 30.5 Å². The fourth-order valence-corrected chi connectivity index (χ4v) is 2.08. The Bertz CT molecular complexity index is 691. The topological polar surface area (TPSA) is 80.8 Å². The molecule has 0 aliphatic carbocycles. The molecule has 0 unspecified atom stereocenters. The predicted octanol–water partition coefficient (Wildman–Crippen LogP) is 1.07. The van der Waals surface area contributed by atoms with Gasteiger partial charge in [-0.25, -0.2) is 9.67 Å². The van der Waals surface area contributed by atoms with Crippen molar-refractivity contribution in [1.29, 1.82) is 0 Å². The van der Waals surface area contributed by atoms with E-state index < -0.39 is 0 Å². The maximum absolute atomic E-state index is 8.89. The van der Waals surface area contributed by atoms with Gasteiger partial charge in [0.15, 0.2) is 0 Å². The molecule has 2 aromatic heterocycles. The number of aliphatic hydroxyl groups is 1. The molecule has 21 heavy (non-hydrogen) atoms. The van der Waals surface area contributed by atoms with Gasteiger partial charge in [0, 0.05) is 18.3 Å². The zero-order valence-electron chi connectivity index (χ0n) is 11.4. The molecule has 0 aliphatic rings. The molecule has 0 fully saturated rings. The first-order chi connectivity index (χ1) is 10.4. The van der Waals surface area contributed by atoms with Gasteiger partial charge in [0.05, 0.1) is 30.7 Å². The molecule has 0 spiro atoms. The largest absolute Gasteiger partial charge is 0.394 e. The van der Waals surface area contributed by atoms with Gasteiger partial charge in [-0.2, -0.15) is 10.2 Å². The Morgan fingerprint density at radius 3 is 2.90 bits per heavy atom. The summed E-state index contributed by atoms with van der Waals surface area (Å²) in [6.45, 7) is 1.25. The van der Waals surface area contributed by atoms with Crippen LogP contribution in [-0.2, 0) is 13.1 Å². The van der Waals surface area contributed by atoms with Crippen molar-refractivity contribution in [2.75, 3.05) is 11.9 Å². The van der Waals surface area contributed by atoms with Gasteiger partial charge in [-0.1, -0.05) is 12.1 Å². The fourth-order valence-electron chi connectivity index (χ4n) is 2.08. The van der Waals surface area contributed by atoms with Crippen molar-refractivity contribution >= 4 is 5.69 Å². The standard InChI is InChI=1S/C14H16N6O/c21-6-5-19-9-12(8-17-19)7-16-13-3-1-2-4-14(13)20-11-15-10-18-20/h1-4,8-11,16,21H,5-7H2. The minimum atomic E-state index is 0.0870. The van der Waals surface area contributed by atoms with E-state index in [-0.39, 0.29) is 6.61 Å². The van der Waals surface area contributed by atoms with Gasteiger partial charge in [0.2, 0.25) is 0 Å². The fraction of sp³-hybridized carbons (Fsp3) is 0.214. The summed E-state index contributed by atoms with van der Waals surface area (Å²) >= 11 is 0. The van der Waals surface area contributed by atoms with Gasteiger partial charge in [0.25, 0.3) is 0 Å². The first kappa shape index (κ1) is 13.3. The lowest BCUT2D eigenvalue weighted by Gasteiger charge is -2.10.